The summed E-state index contributed by atoms with van der Waals surface area (Å²) in [6.45, 7) is 1.20. The summed E-state index contributed by atoms with van der Waals surface area (Å²) < 4.78 is 24.5. The zero-order valence-corrected chi connectivity index (χ0v) is 9.68. The lowest BCUT2D eigenvalue weighted by molar-refractivity contribution is 0.171. The molecule has 0 spiro atoms. The molecule has 0 saturated heterocycles. The highest BCUT2D eigenvalue weighted by molar-refractivity contribution is 6.31. The topological polar surface area (TPSA) is 30.5 Å². The number of rotatable bonds is 3. The van der Waals surface area contributed by atoms with Crippen molar-refractivity contribution in [3.63, 3.8) is 0 Å². The van der Waals surface area contributed by atoms with Gasteiger partial charge >= 0.3 is 0 Å². The van der Waals surface area contributed by atoms with Gasteiger partial charge < -0.3 is 14.8 Å². The molecule has 0 radical (unpaired) electrons. The van der Waals surface area contributed by atoms with Gasteiger partial charge in [-0.15, -0.1) is 0 Å². The van der Waals surface area contributed by atoms with Crippen LogP contribution in [0.1, 0.15) is 11.7 Å². The van der Waals surface area contributed by atoms with E-state index in [0.717, 1.165) is 0 Å². The predicted molar refractivity (Wildman–Crippen MR) is 60.2 cm³/mol. The first-order valence-electron chi connectivity index (χ1n) is 5.10. The molecule has 88 valence electrons. The van der Waals surface area contributed by atoms with Crippen LogP contribution in [-0.4, -0.2) is 26.8 Å². The lowest BCUT2D eigenvalue weighted by atomic mass is 10.1. The van der Waals surface area contributed by atoms with Crippen LogP contribution >= 0.6 is 11.6 Å². The van der Waals surface area contributed by atoms with Crippen LogP contribution in [0.25, 0.3) is 0 Å². The molecule has 3 nitrogen and oxygen atoms in total. The number of likely N-dealkylation sites (N-methyl/N-ethyl adjacent to an activating group) is 1. The Morgan fingerprint density at radius 1 is 1.38 bits per heavy atom. The highest BCUT2D eigenvalue weighted by Crippen LogP contribution is 2.38. The predicted octanol–water partition coefficient (Wildman–Crippen LogP) is 2.34. The second kappa shape index (κ2) is 4.89. The summed E-state index contributed by atoms with van der Waals surface area (Å²) in [7, 11) is 1.69. The van der Waals surface area contributed by atoms with Gasteiger partial charge in [-0.1, -0.05) is 11.6 Å². The minimum absolute atomic E-state index is 0.222. The smallest absolute Gasteiger partial charge is 0.162 e. The molecule has 16 heavy (non-hydrogen) atoms. The third kappa shape index (κ3) is 2.23. The molecule has 0 amide bonds. The van der Waals surface area contributed by atoms with E-state index >= 15 is 0 Å². The molecule has 1 atom stereocenters. The quantitative estimate of drug-likeness (QED) is 0.887. The third-order valence-corrected chi connectivity index (χ3v) is 2.71. The second-order valence-electron chi connectivity index (χ2n) is 3.54. The molecule has 0 bridgehead atoms. The summed E-state index contributed by atoms with van der Waals surface area (Å²) in [5.74, 6) is 1.14. The molecule has 1 heterocycles. The van der Waals surface area contributed by atoms with Crippen LogP contribution in [0.4, 0.5) is 4.39 Å². The van der Waals surface area contributed by atoms with E-state index in [-0.39, 0.29) is 6.54 Å². The Bertz CT molecular complexity index is 386. The van der Waals surface area contributed by atoms with Crippen molar-refractivity contribution in [3.8, 4) is 11.5 Å². The van der Waals surface area contributed by atoms with Gasteiger partial charge in [-0.3, -0.25) is 0 Å². The standard InChI is InChI=1S/C11H13ClFNO2/c1-14-6-9(13)7-4-10-11(5-8(7)12)16-3-2-15-10/h4-5,9,14H,2-3,6H2,1H3. The zero-order valence-electron chi connectivity index (χ0n) is 8.93. The summed E-state index contributed by atoms with van der Waals surface area (Å²) >= 11 is 5.99. The molecule has 5 heteroatoms. The SMILES string of the molecule is CNCC(F)c1cc2c(cc1Cl)OCCO2. The van der Waals surface area contributed by atoms with Gasteiger partial charge in [0.2, 0.25) is 0 Å². The summed E-state index contributed by atoms with van der Waals surface area (Å²) in [6.07, 6.45) is -1.15. The minimum atomic E-state index is -1.15. The minimum Gasteiger partial charge on any atom is -0.486 e. The number of halogens is 2. The van der Waals surface area contributed by atoms with Crippen molar-refractivity contribution in [1.29, 1.82) is 0 Å². The van der Waals surface area contributed by atoms with Crippen LogP contribution < -0.4 is 14.8 Å². The fourth-order valence-electron chi connectivity index (χ4n) is 1.61. The molecule has 0 aliphatic carbocycles. The number of nitrogens with one attached hydrogen (secondary N) is 1. The molecular formula is C11H13ClFNO2. The maximum Gasteiger partial charge on any atom is 0.162 e. The van der Waals surface area contributed by atoms with Gasteiger partial charge in [0, 0.05) is 18.2 Å². The first kappa shape index (κ1) is 11.5. The van der Waals surface area contributed by atoms with Gasteiger partial charge in [0.15, 0.2) is 11.5 Å². The summed E-state index contributed by atoms with van der Waals surface area (Å²) in [5, 5.41) is 3.14. The Balaban J connectivity index is 2.31. The fourth-order valence-corrected chi connectivity index (χ4v) is 1.88. The maximum atomic E-state index is 13.7. The summed E-state index contributed by atoms with van der Waals surface area (Å²) in [4.78, 5) is 0. The number of hydrogen-bond acceptors (Lipinski definition) is 3. The van der Waals surface area contributed by atoms with Crippen LogP contribution in [0.5, 0.6) is 11.5 Å². The van der Waals surface area contributed by atoms with Gasteiger partial charge in [-0.25, -0.2) is 4.39 Å². The summed E-state index contributed by atoms with van der Waals surface area (Å²) in [6, 6.07) is 3.21. The number of alkyl halides is 1. The Morgan fingerprint density at radius 3 is 2.62 bits per heavy atom. The molecule has 0 aromatic heterocycles. The molecule has 1 N–H and O–H groups in total. The lowest BCUT2D eigenvalue weighted by Crippen LogP contribution is -2.17. The van der Waals surface area contributed by atoms with E-state index < -0.39 is 6.17 Å². The van der Waals surface area contributed by atoms with E-state index in [1.807, 2.05) is 0 Å². The van der Waals surface area contributed by atoms with Crippen molar-refractivity contribution in [1.82, 2.24) is 5.32 Å². The highest BCUT2D eigenvalue weighted by Gasteiger charge is 2.19. The van der Waals surface area contributed by atoms with E-state index in [2.05, 4.69) is 5.32 Å². The highest BCUT2D eigenvalue weighted by atomic mass is 35.5. The van der Waals surface area contributed by atoms with Crippen molar-refractivity contribution in [3.05, 3.63) is 22.7 Å². The molecule has 1 aromatic rings. The van der Waals surface area contributed by atoms with Crippen LogP contribution in [0, 0.1) is 0 Å². The average molecular weight is 246 g/mol. The molecule has 1 aliphatic rings. The van der Waals surface area contributed by atoms with Crippen molar-refractivity contribution in [2.45, 2.75) is 6.17 Å². The van der Waals surface area contributed by atoms with Gasteiger partial charge in [0.25, 0.3) is 0 Å². The molecular weight excluding hydrogens is 233 g/mol. The van der Waals surface area contributed by atoms with Crippen molar-refractivity contribution in [2.75, 3.05) is 26.8 Å². The van der Waals surface area contributed by atoms with Crippen LogP contribution in [0.3, 0.4) is 0 Å². The van der Waals surface area contributed by atoms with E-state index in [1.165, 1.54) is 0 Å². The van der Waals surface area contributed by atoms with Gasteiger partial charge in [-0.2, -0.15) is 0 Å². The van der Waals surface area contributed by atoms with Gasteiger partial charge in [0.1, 0.15) is 19.4 Å². The van der Waals surface area contributed by atoms with Crippen LogP contribution in [0.15, 0.2) is 12.1 Å². The van der Waals surface area contributed by atoms with E-state index in [4.69, 9.17) is 21.1 Å². The molecule has 0 saturated carbocycles. The second-order valence-corrected chi connectivity index (χ2v) is 3.95. The van der Waals surface area contributed by atoms with Gasteiger partial charge in [-0.05, 0) is 13.1 Å². The summed E-state index contributed by atoms with van der Waals surface area (Å²) in [5.41, 5.74) is 0.431. The molecule has 1 aromatic carbocycles. The number of ether oxygens (including phenoxy) is 2. The normalized spacial score (nSPS) is 15.9. The Morgan fingerprint density at radius 2 is 2.00 bits per heavy atom. The monoisotopic (exact) mass is 245 g/mol. The first-order chi connectivity index (χ1) is 7.72. The lowest BCUT2D eigenvalue weighted by Gasteiger charge is -2.20. The third-order valence-electron chi connectivity index (χ3n) is 2.38. The van der Waals surface area contributed by atoms with E-state index in [9.17, 15) is 4.39 Å². The van der Waals surface area contributed by atoms with Crippen molar-refractivity contribution in [2.24, 2.45) is 0 Å². The van der Waals surface area contributed by atoms with Crippen LogP contribution in [0.2, 0.25) is 5.02 Å². The van der Waals surface area contributed by atoms with Crippen LogP contribution in [-0.2, 0) is 0 Å². The Kier molecular flexibility index (Phi) is 3.51. The number of fused-ring (bicyclic) bond motifs is 1. The van der Waals surface area contributed by atoms with E-state index in [0.29, 0.717) is 35.3 Å². The molecule has 1 aliphatic heterocycles. The number of benzene rings is 1. The number of hydrogen-bond donors (Lipinski definition) is 1. The molecule has 0 fully saturated rings. The van der Waals surface area contributed by atoms with E-state index in [1.54, 1.807) is 19.2 Å². The average Bonchev–Trinajstić information content (AvgIpc) is 2.28. The van der Waals surface area contributed by atoms with Crippen molar-refractivity contribution < 1.29 is 13.9 Å². The zero-order chi connectivity index (χ0) is 11.5. The first-order valence-corrected chi connectivity index (χ1v) is 5.48. The largest absolute Gasteiger partial charge is 0.486 e. The maximum absolute atomic E-state index is 13.7. The van der Waals surface area contributed by atoms with Crippen molar-refractivity contribution >= 4 is 11.6 Å². The Labute approximate surface area is 98.5 Å². The fraction of sp³-hybridized carbons (Fsp3) is 0.455. The molecule has 2 rings (SSSR count). The van der Waals surface area contributed by atoms with Gasteiger partial charge in [0.05, 0.1) is 5.02 Å². The Hall–Kier alpha value is -1.00. The molecule has 1 unspecified atom stereocenters.